The van der Waals surface area contributed by atoms with Gasteiger partial charge in [-0.15, -0.1) is 0 Å². The number of carbonyl (C=O) groups excluding carboxylic acids is 2. The Morgan fingerprint density at radius 2 is 2.27 bits per heavy atom. The van der Waals surface area contributed by atoms with E-state index in [-0.39, 0.29) is 30.6 Å². The highest BCUT2D eigenvalue weighted by molar-refractivity contribution is 5.98. The first-order chi connectivity index (χ1) is 12.7. The fourth-order valence-electron chi connectivity index (χ4n) is 3.20. The summed E-state index contributed by atoms with van der Waals surface area (Å²) in [5, 5.41) is 12.5. The summed E-state index contributed by atoms with van der Waals surface area (Å²) in [6.45, 7) is 1.04. The van der Waals surface area contributed by atoms with Crippen LogP contribution >= 0.6 is 0 Å². The lowest BCUT2D eigenvalue weighted by Crippen LogP contribution is -2.28. The van der Waals surface area contributed by atoms with Gasteiger partial charge in [0.25, 0.3) is 0 Å². The largest absolute Gasteiger partial charge is 0.346 e. The van der Waals surface area contributed by atoms with Gasteiger partial charge in [0.05, 0.1) is 6.07 Å². The second kappa shape index (κ2) is 6.64. The van der Waals surface area contributed by atoms with E-state index in [0.29, 0.717) is 24.6 Å². The molecule has 1 saturated carbocycles. The number of hydrogen-bond acceptors (Lipinski definition) is 4. The minimum absolute atomic E-state index is 0.0144. The van der Waals surface area contributed by atoms with Gasteiger partial charge in [-0.05, 0) is 36.1 Å². The maximum atomic E-state index is 12.2. The Bertz CT molecular complexity index is 948. The topological polar surface area (TPSA) is 102 Å². The van der Waals surface area contributed by atoms with Gasteiger partial charge >= 0.3 is 0 Å². The van der Waals surface area contributed by atoms with E-state index in [1.165, 1.54) is 0 Å². The molecule has 2 N–H and O–H groups in total. The molecule has 4 rings (SSSR count). The number of fused-ring (bicyclic) bond motifs is 1. The van der Waals surface area contributed by atoms with Crippen LogP contribution in [0.4, 0.5) is 5.82 Å². The number of nitrogens with one attached hydrogen (secondary N) is 2. The van der Waals surface area contributed by atoms with Gasteiger partial charge < -0.3 is 15.2 Å². The zero-order valence-electron chi connectivity index (χ0n) is 14.3. The first kappa shape index (κ1) is 16.3. The maximum absolute atomic E-state index is 12.2. The Balaban J connectivity index is 1.57. The molecule has 2 amide bonds. The Labute approximate surface area is 150 Å². The molecule has 7 nitrogen and oxygen atoms in total. The third kappa shape index (κ3) is 3.18. The number of rotatable bonds is 5. The van der Waals surface area contributed by atoms with E-state index >= 15 is 0 Å². The van der Waals surface area contributed by atoms with Crippen molar-refractivity contribution in [3.63, 3.8) is 0 Å². The van der Waals surface area contributed by atoms with E-state index in [0.717, 1.165) is 29.4 Å². The lowest BCUT2D eigenvalue weighted by molar-refractivity contribution is -0.129. The molecule has 0 spiro atoms. The van der Waals surface area contributed by atoms with Crippen LogP contribution in [0.3, 0.4) is 0 Å². The van der Waals surface area contributed by atoms with Gasteiger partial charge in [0, 0.05) is 43.4 Å². The van der Waals surface area contributed by atoms with Crippen molar-refractivity contribution in [2.75, 3.05) is 18.4 Å². The number of aromatic nitrogens is 2. The summed E-state index contributed by atoms with van der Waals surface area (Å²) in [7, 11) is 0. The highest BCUT2D eigenvalue weighted by Crippen LogP contribution is 2.32. The van der Waals surface area contributed by atoms with Crippen molar-refractivity contribution >= 4 is 34.2 Å². The second-order valence-corrected chi connectivity index (χ2v) is 6.72. The zero-order valence-corrected chi connectivity index (χ0v) is 14.3. The Kier molecular flexibility index (Phi) is 4.17. The van der Waals surface area contributed by atoms with Gasteiger partial charge in [-0.2, -0.15) is 5.26 Å². The van der Waals surface area contributed by atoms with E-state index in [2.05, 4.69) is 15.3 Å². The molecule has 1 aliphatic heterocycles. The highest BCUT2D eigenvalue weighted by atomic mass is 16.2. The fourth-order valence-corrected chi connectivity index (χ4v) is 3.20. The van der Waals surface area contributed by atoms with Gasteiger partial charge in [0.15, 0.2) is 0 Å². The number of aromatic amines is 1. The lowest BCUT2D eigenvalue weighted by atomic mass is 10.0. The molecule has 3 heterocycles. The standard InChI is InChI=1S/C19H19N5O2/c20-7-1-2-17(25)24-9-6-13(11-24)15-10-16(23-19(26)12-3-4-12)22-18-14(15)5-8-21-18/h5-6,8,10,12H,1-4,9,11H2,(H2,21,22,23,26). The van der Waals surface area contributed by atoms with Gasteiger partial charge in [0.2, 0.25) is 11.8 Å². The van der Waals surface area contributed by atoms with Crippen molar-refractivity contribution in [3.05, 3.63) is 30.0 Å². The minimum Gasteiger partial charge on any atom is -0.346 e. The number of nitriles is 1. The predicted octanol–water partition coefficient (Wildman–Crippen LogP) is 2.44. The second-order valence-electron chi connectivity index (χ2n) is 6.72. The van der Waals surface area contributed by atoms with E-state index in [1.807, 2.05) is 30.5 Å². The first-order valence-electron chi connectivity index (χ1n) is 8.79. The van der Waals surface area contributed by atoms with Crippen LogP contribution in [0.25, 0.3) is 16.6 Å². The number of anilines is 1. The third-order valence-electron chi connectivity index (χ3n) is 4.80. The van der Waals surface area contributed by atoms with Gasteiger partial charge in [-0.1, -0.05) is 6.08 Å². The first-order valence-corrected chi connectivity index (χ1v) is 8.79. The molecule has 0 unspecified atom stereocenters. The Morgan fingerprint density at radius 1 is 1.42 bits per heavy atom. The summed E-state index contributed by atoms with van der Waals surface area (Å²) >= 11 is 0. The number of hydrogen-bond donors (Lipinski definition) is 2. The Morgan fingerprint density at radius 3 is 3.04 bits per heavy atom. The van der Waals surface area contributed by atoms with Crippen LogP contribution in [0.2, 0.25) is 0 Å². The van der Waals surface area contributed by atoms with Crippen molar-refractivity contribution < 1.29 is 9.59 Å². The smallest absolute Gasteiger partial charge is 0.228 e. The Hall–Kier alpha value is -3.14. The highest BCUT2D eigenvalue weighted by Gasteiger charge is 2.30. The van der Waals surface area contributed by atoms with Gasteiger partial charge in [-0.3, -0.25) is 9.59 Å². The van der Waals surface area contributed by atoms with Crippen LogP contribution in [0, 0.1) is 17.2 Å². The molecule has 0 bridgehead atoms. The molecule has 0 radical (unpaired) electrons. The number of pyridine rings is 1. The van der Waals surface area contributed by atoms with Crippen molar-refractivity contribution in [2.24, 2.45) is 5.92 Å². The zero-order chi connectivity index (χ0) is 18.1. The average molecular weight is 349 g/mol. The predicted molar refractivity (Wildman–Crippen MR) is 96.9 cm³/mol. The maximum Gasteiger partial charge on any atom is 0.228 e. The monoisotopic (exact) mass is 349 g/mol. The molecule has 0 atom stereocenters. The SMILES string of the molecule is N#CCCC(=O)N1CC=C(c2cc(NC(=O)C3CC3)nc3[nH]ccc23)C1. The number of H-pyrrole nitrogens is 1. The summed E-state index contributed by atoms with van der Waals surface area (Å²) in [6, 6.07) is 5.84. The van der Waals surface area contributed by atoms with E-state index < -0.39 is 0 Å². The van der Waals surface area contributed by atoms with Crippen LogP contribution in [-0.4, -0.2) is 39.8 Å². The van der Waals surface area contributed by atoms with Gasteiger partial charge in [-0.25, -0.2) is 4.98 Å². The van der Waals surface area contributed by atoms with Crippen molar-refractivity contribution in [3.8, 4) is 6.07 Å². The molecule has 26 heavy (non-hydrogen) atoms. The van der Waals surface area contributed by atoms with Crippen molar-refractivity contribution in [2.45, 2.75) is 25.7 Å². The summed E-state index contributed by atoms with van der Waals surface area (Å²) in [5.41, 5.74) is 2.71. The molecule has 0 saturated heterocycles. The third-order valence-corrected chi connectivity index (χ3v) is 4.80. The summed E-state index contributed by atoms with van der Waals surface area (Å²) < 4.78 is 0. The summed E-state index contributed by atoms with van der Waals surface area (Å²) in [4.78, 5) is 33.5. The number of carbonyl (C=O) groups is 2. The van der Waals surface area contributed by atoms with Crippen LogP contribution in [0.5, 0.6) is 0 Å². The minimum atomic E-state index is -0.0144. The van der Waals surface area contributed by atoms with Crippen LogP contribution in [0.1, 0.15) is 31.2 Å². The van der Waals surface area contributed by atoms with Crippen molar-refractivity contribution in [1.82, 2.24) is 14.9 Å². The molecule has 7 heteroatoms. The van der Waals surface area contributed by atoms with E-state index in [1.54, 1.807) is 4.90 Å². The summed E-state index contributed by atoms with van der Waals surface area (Å²) in [5.74, 6) is 0.642. The van der Waals surface area contributed by atoms with Gasteiger partial charge in [0.1, 0.15) is 11.5 Å². The normalized spacial score (nSPS) is 16.4. The molecule has 2 aromatic heterocycles. The number of amides is 2. The quantitative estimate of drug-likeness (QED) is 0.865. The fraction of sp³-hybridized carbons (Fsp3) is 0.368. The molecule has 2 aliphatic rings. The van der Waals surface area contributed by atoms with Crippen molar-refractivity contribution in [1.29, 1.82) is 5.26 Å². The van der Waals surface area contributed by atoms with Crippen LogP contribution in [-0.2, 0) is 9.59 Å². The lowest BCUT2D eigenvalue weighted by Gasteiger charge is -2.16. The van der Waals surface area contributed by atoms with E-state index in [9.17, 15) is 9.59 Å². The molecule has 0 aromatic carbocycles. The molecule has 1 fully saturated rings. The van der Waals surface area contributed by atoms with E-state index in [4.69, 9.17) is 5.26 Å². The average Bonchev–Trinajstić information content (AvgIpc) is 3.18. The molecular formula is C19H19N5O2. The molecular weight excluding hydrogens is 330 g/mol. The van der Waals surface area contributed by atoms with Crippen LogP contribution in [0.15, 0.2) is 24.4 Å². The molecule has 1 aliphatic carbocycles. The molecule has 132 valence electrons. The number of nitrogens with zero attached hydrogens (tertiary/aromatic N) is 3. The van der Waals surface area contributed by atoms with Crippen LogP contribution < -0.4 is 5.32 Å². The molecule has 2 aromatic rings. The summed E-state index contributed by atoms with van der Waals surface area (Å²) in [6.07, 6.45) is 6.20.